The lowest BCUT2D eigenvalue weighted by molar-refractivity contribution is 0.0939. The van der Waals surface area contributed by atoms with E-state index in [2.05, 4.69) is 10.4 Å². The van der Waals surface area contributed by atoms with Crippen LogP contribution in [0.4, 0.5) is 0 Å². The second-order valence-corrected chi connectivity index (χ2v) is 10.5. The van der Waals surface area contributed by atoms with Crippen molar-refractivity contribution in [1.82, 2.24) is 19.4 Å². The first kappa shape index (κ1) is 23.2. The minimum absolute atomic E-state index is 0.0367. The zero-order valence-corrected chi connectivity index (χ0v) is 20.0. The number of carbonyl (C=O) groups is 1. The molecular weight excluding hydrogens is 436 g/mol. The summed E-state index contributed by atoms with van der Waals surface area (Å²) < 4.78 is 29.8. The van der Waals surface area contributed by atoms with Crippen molar-refractivity contribution in [2.24, 2.45) is 0 Å². The molecule has 0 radical (unpaired) electrons. The summed E-state index contributed by atoms with van der Waals surface area (Å²) in [6.45, 7) is 6.31. The Labute approximate surface area is 195 Å². The summed E-state index contributed by atoms with van der Waals surface area (Å²) in [6.07, 6.45) is 4.50. The van der Waals surface area contributed by atoms with Gasteiger partial charge in [-0.15, -0.1) is 0 Å². The van der Waals surface area contributed by atoms with Gasteiger partial charge >= 0.3 is 0 Å². The highest BCUT2D eigenvalue weighted by atomic mass is 32.2. The van der Waals surface area contributed by atoms with Crippen LogP contribution in [0.1, 0.15) is 60.8 Å². The van der Waals surface area contributed by atoms with Gasteiger partial charge in [0.1, 0.15) is 0 Å². The molecule has 0 bridgehead atoms. The number of rotatable bonds is 6. The molecule has 0 aliphatic carbocycles. The van der Waals surface area contributed by atoms with Crippen LogP contribution in [0.3, 0.4) is 0 Å². The Kier molecular flexibility index (Phi) is 6.67. The van der Waals surface area contributed by atoms with Crippen molar-refractivity contribution in [3.05, 3.63) is 77.6 Å². The summed E-state index contributed by atoms with van der Waals surface area (Å²) in [5.41, 5.74) is 3.10. The van der Waals surface area contributed by atoms with Crippen LogP contribution in [0.5, 0.6) is 0 Å². The molecule has 0 saturated carbocycles. The largest absolute Gasteiger partial charge is 0.345 e. The molecule has 174 valence electrons. The number of amides is 1. The molecule has 1 amide bonds. The molecule has 3 aromatic rings. The van der Waals surface area contributed by atoms with Crippen molar-refractivity contribution in [3.63, 3.8) is 0 Å². The number of piperidine rings is 1. The molecule has 1 saturated heterocycles. The number of para-hydroxylation sites is 1. The minimum atomic E-state index is -3.64. The average molecular weight is 467 g/mol. The van der Waals surface area contributed by atoms with E-state index in [1.165, 1.54) is 6.07 Å². The quantitative estimate of drug-likeness (QED) is 0.589. The molecule has 1 aliphatic heterocycles. The summed E-state index contributed by atoms with van der Waals surface area (Å²) in [5.74, 6) is -0.321. The summed E-state index contributed by atoms with van der Waals surface area (Å²) >= 11 is 0. The van der Waals surface area contributed by atoms with Gasteiger partial charge in [0.25, 0.3) is 5.91 Å². The van der Waals surface area contributed by atoms with Crippen LogP contribution in [-0.2, 0) is 10.0 Å². The summed E-state index contributed by atoms with van der Waals surface area (Å²) in [7, 11) is -3.64. The fourth-order valence-electron chi connectivity index (χ4n) is 4.40. The van der Waals surface area contributed by atoms with Crippen molar-refractivity contribution in [2.45, 2.75) is 57.0 Å². The van der Waals surface area contributed by atoms with Crippen molar-refractivity contribution in [2.75, 3.05) is 6.54 Å². The summed E-state index contributed by atoms with van der Waals surface area (Å²) in [6, 6.07) is 15.8. The Bertz CT molecular complexity index is 1240. The van der Waals surface area contributed by atoms with E-state index in [0.717, 1.165) is 36.2 Å². The number of hydrogen-bond donors (Lipinski definition) is 1. The van der Waals surface area contributed by atoms with Gasteiger partial charge in [-0.1, -0.05) is 30.7 Å². The number of aromatic nitrogens is 2. The first-order chi connectivity index (χ1) is 15.8. The highest BCUT2D eigenvalue weighted by Gasteiger charge is 2.31. The van der Waals surface area contributed by atoms with E-state index in [1.54, 1.807) is 28.7 Å². The Morgan fingerprint density at radius 2 is 1.88 bits per heavy atom. The third-order valence-electron chi connectivity index (χ3n) is 6.31. The van der Waals surface area contributed by atoms with E-state index in [-0.39, 0.29) is 22.9 Å². The van der Waals surface area contributed by atoms with E-state index in [0.29, 0.717) is 12.1 Å². The van der Waals surface area contributed by atoms with E-state index < -0.39 is 10.0 Å². The number of carbonyl (C=O) groups excluding carboxylic acids is 1. The number of nitrogens with zero attached hydrogens (tertiary/aromatic N) is 3. The Balaban J connectivity index is 1.52. The second kappa shape index (κ2) is 9.49. The Morgan fingerprint density at radius 1 is 1.12 bits per heavy atom. The Morgan fingerprint density at radius 3 is 2.61 bits per heavy atom. The maximum atomic E-state index is 13.2. The van der Waals surface area contributed by atoms with Crippen LogP contribution >= 0.6 is 0 Å². The second-order valence-electron chi connectivity index (χ2n) is 8.62. The van der Waals surface area contributed by atoms with E-state index in [1.807, 2.05) is 55.8 Å². The zero-order valence-electron chi connectivity index (χ0n) is 19.2. The van der Waals surface area contributed by atoms with Crippen LogP contribution in [0.15, 0.2) is 65.7 Å². The van der Waals surface area contributed by atoms with Crippen LogP contribution in [0.2, 0.25) is 0 Å². The molecule has 8 heteroatoms. The van der Waals surface area contributed by atoms with E-state index >= 15 is 0 Å². The molecule has 1 aromatic heterocycles. The predicted octanol–water partition coefficient (Wildman–Crippen LogP) is 4.23. The minimum Gasteiger partial charge on any atom is -0.345 e. The Hall–Kier alpha value is -2.97. The first-order valence-electron chi connectivity index (χ1n) is 11.3. The lowest BCUT2D eigenvalue weighted by Gasteiger charge is -2.32. The first-order valence-corrected chi connectivity index (χ1v) is 12.8. The maximum absolute atomic E-state index is 13.2. The lowest BCUT2D eigenvalue weighted by atomic mass is 10.1. The van der Waals surface area contributed by atoms with Crippen LogP contribution < -0.4 is 5.32 Å². The average Bonchev–Trinajstić information content (AvgIpc) is 3.21. The van der Waals surface area contributed by atoms with Gasteiger partial charge in [0.15, 0.2) is 0 Å². The fraction of sp³-hybridized carbons (Fsp3) is 0.360. The van der Waals surface area contributed by atoms with Gasteiger partial charge in [-0.25, -0.2) is 13.1 Å². The monoisotopic (exact) mass is 466 g/mol. The molecular formula is C25H30N4O3S. The maximum Gasteiger partial charge on any atom is 0.251 e. The smallest absolute Gasteiger partial charge is 0.251 e. The van der Waals surface area contributed by atoms with Gasteiger partial charge in [0, 0.05) is 29.4 Å². The summed E-state index contributed by atoms with van der Waals surface area (Å²) in [5, 5.41) is 7.46. The van der Waals surface area contributed by atoms with Crippen molar-refractivity contribution >= 4 is 15.9 Å². The molecule has 2 aromatic carbocycles. The van der Waals surface area contributed by atoms with E-state index in [9.17, 15) is 13.2 Å². The summed E-state index contributed by atoms with van der Waals surface area (Å²) in [4.78, 5) is 13.1. The normalized spacial score (nSPS) is 18.1. The number of nitrogens with one attached hydrogen (secondary N) is 1. The van der Waals surface area contributed by atoms with Crippen molar-refractivity contribution < 1.29 is 13.2 Å². The lowest BCUT2D eigenvalue weighted by Crippen LogP contribution is -2.42. The highest BCUT2D eigenvalue weighted by Crippen LogP contribution is 2.26. The van der Waals surface area contributed by atoms with Crippen LogP contribution in [0, 0.1) is 6.92 Å². The molecule has 7 nitrogen and oxygen atoms in total. The third-order valence-corrected chi connectivity index (χ3v) is 8.32. The molecule has 1 fully saturated rings. The van der Waals surface area contributed by atoms with Gasteiger partial charge in [-0.3, -0.25) is 4.79 Å². The van der Waals surface area contributed by atoms with Gasteiger partial charge in [-0.05, 0) is 63.9 Å². The molecule has 1 N–H and O–H groups in total. The molecule has 2 atom stereocenters. The molecule has 1 aliphatic rings. The number of hydrogen-bond acceptors (Lipinski definition) is 4. The van der Waals surface area contributed by atoms with Gasteiger partial charge in [-0.2, -0.15) is 9.40 Å². The number of sulfonamides is 1. The molecule has 0 spiro atoms. The fourth-order valence-corrected chi connectivity index (χ4v) is 6.14. The molecule has 2 unspecified atom stereocenters. The SMILES string of the molecule is Cc1c(C(C)NC(=O)c2cccc(S(=O)(=O)N3CCCCC3C)c2)cnn1-c1ccccc1. The van der Waals surface area contributed by atoms with Crippen molar-refractivity contribution in [3.8, 4) is 5.69 Å². The van der Waals surface area contributed by atoms with Crippen LogP contribution in [0.25, 0.3) is 5.69 Å². The highest BCUT2D eigenvalue weighted by molar-refractivity contribution is 7.89. The third kappa shape index (κ3) is 4.72. The predicted molar refractivity (Wildman–Crippen MR) is 128 cm³/mol. The van der Waals surface area contributed by atoms with Crippen molar-refractivity contribution in [1.29, 1.82) is 0 Å². The van der Waals surface area contributed by atoms with Crippen LogP contribution in [-0.4, -0.2) is 41.0 Å². The standard InChI is InChI=1S/C25H30N4O3S/c1-18-10-7-8-15-28(18)33(31,32)23-14-9-11-21(16-23)25(30)27-19(2)24-17-26-29(20(24)3)22-12-5-4-6-13-22/h4-6,9,11-14,16-19H,7-8,10,15H2,1-3H3,(H,27,30). The molecule has 2 heterocycles. The van der Waals surface area contributed by atoms with Gasteiger partial charge in [0.2, 0.25) is 10.0 Å². The number of benzene rings is 2. The van der Waals surface area contributed by atoms with Gasteiger partial charge in [0.05, 0.1) is 22.8 Å². The topological polar surface area (TPSA) is 84.3 Å². The molecule has 33 heavy (non-hydrogen) atoms. The van der Waals surface area contributed by atoms with E-state index in [4.69, 9.17) is 0 Å². The van der Waals surface area contributed by atoms with Gasteiger partial charge < -0.3 is 5.32 Å². The zero-order chi connectivity index (χ0) is 23.6. The molecule has 4 rings (SSSR count).